The van der Waals surface area contributed by atoms with Crippen LogP contribution in [-0.4, -0.2) is 34.0 Å². The van der Waals surface area contributed by atoms with Gasteiger partial charge in [0.2, 0.25) is 0 Å². The lowest BCUT2D eigenvalue weighted by Crippen LogP contribution is -2.43. The molecule has 25 heavy (non-hydrogen) atoms. The lowest BCUT2D eigenvalue weighted by atomic mass is 9.97. The highest BCUT2D eigenvalue weighted by molar-refractivity contribution is 5.74. The molecular formula is C19H20N4O2. The van der Waals surface area contributed by atoms with Gasteiger partial charge >= 0.3 is 6.03 Å². The number of pyridine rings is 1. The van der Waals surface area contributed by atoms with Gasteiger partial charge in [-0.05, 0) is 37.1 Å². The Bertz CT molecular complexity index is 821. The van der Waals surface area contributed by atoms with Crippen molar-refractivity contribution in [3.8, 4) is 0 Å². The fraction of sp³-hybridized carbons (Fsp3) is 0.316. The molecule has 3 heterocycles. The molecule has 1 fully saturated rings. The number of amides is 2. The maximum atomic E-state index is 12.3. The molecule has 2 amide bonds. The van der Waals surface area contributed by atoms with Gasteiger partial charge < -0.3 is 14.6 Å². The number of carbonyl (C=O) groups is 1. The topological polar surface area (TPSA) is 71.3 Å². The summed E-state index contributed by atoms with van der Waals surface area (Å²) in [4.78, 5) is 23.0. The predicted molar refractivity (Wildman–Crippen MR) is 94.0 cm³/mol. The van der Waals surface area contributed by atoms with Crippen LogP contribution in [0.4, 0.5) is 4.79 Å². The van der Waals surface area contributed by atoms with Crippen LogP contribution >= 0.6 is 0 Å². The lowest BCUT2D eigenvalue weighted by molar-refractivity contribution is 0.177. The van der Waals surface area contributed by atoms with E-state index >= 15 is 0 Å². The first kappa shape index (κ1) is 15.6. The Morgan fingerprint density at radius 2 is 1.96 bits per heavy atom. The van der Waals surface area contributed by atoms with Gasteiger partial charge in [-0.3, -0.25) is 4.98 Å². The molecule has 0 aliphatic carbocycles. The highest BCUT2D eigenvalue weighted by atomic mass is 16.3. The smallest absolute Gasteiger partial charge is 0.317 e. The minimum Gasteiger partial charge on any atom is -0.440 e. The molecule has 4 rings (SSSR count). The minimum absolute atomic E-state index is 0.0401. The van der Waals surface area contributed by atoms with Crippen LogP contribution in [-0.2, 0) is 6.54 Å². The molecule has 1 aliphatic heterocycles. The number of hydrogen-bond donors (Lipinski definition) is 1. The Labute approximate surface area is 145 Å². The minimum atomic E-state index is -0.0401. The predicted octanol–water partition coefficient (Wildman–Crippen LogP) is 3.31. The van der Waals surface area contributed by atoms with Crippen molar-refractivity contribution in [3.63, 3.8) is 0 Å². The molecule has 2 aromatic heterocycles. The summed E-state index contributed by atoms with van der Waals surface area (Å²) in [6, 6.07) is 13.5. The van der Waals surface area contributed by atoms with Gasteiger partial charge in [-0.15, -0.1) is 0 Å². The number of oxazole rings is 1. The molecule has 6 heteroatoms. The van der Waals surface area contributed by atoms with Crippen molar-refractivity contribution in [2.24, 2.45) is 0 Å². The highest BCUT2D eigenvalue weighted by Crippen LogP contribution is 2.29. The number of fused-ring (bicyclic) bond motifs is 1. The number of piperidine rings is 1. The molecule has 0 spiro atoms. The third-order valence-electron chi connectivity index (χ3n) is 4.59. The Kier molecular flexibility index (Phi) is 4.33. The fourth-order valence-electron chi connectivity index (χ4n) is 3.17. The van der Waals surface area contributed by atoms with Crippen LogP contribution in [0.2, 0.25) is 0 Å². The van der Waals surface area contributed by atoms with E-state index in [9.17, 15) is 4.79 Å². The van der Waals surface area contributed by atoms with E-state index in [1.165, 1.54) is 0 Å². The van der Waals surface area contributed by atoms with Crippen molar-refractivity contribution in [3.05, 3.63) is 60.2 Å². The van der Waals surface area contributed by atoms with Gasteiger partial charge in [0.05, 0.1) is 12.2 Å². The maximum Gasteiger partial charge on any atom is 0.317 e. The monoisotopic (exact) mass is 336 g/mol. The summed E-state index contributed by atoms with van der Waals surface area (Å²) in [5.41, 5.74) is 2.58. The van der Waals surface area contributed by atoms with E-state index in [2.05, 4.69) is 15.3 Å². The van der Waals surface area contributed by atoms with E-state index in [4.69, 9.17) is 4.42 Å². The molecule has 1 aromatic carbocycles. The molecular weight excluding hydrogens is 316 g/mol. The fourth-order valence-corrected chi connectivity index (χ4v) is 3.17. The summed E-state index contributed by atoms with van der Waals surface area (Å²) in [7, 11) is 0. The first-order valence-electron chi connectivity index (χ1n) is 8.58. The Morgan fingerprint density at radius 3 is 2.72 bits per heavy atom. The third-order valence-corrected chi connectivity index (χ3v) is 4.59. The second-order valence-electron chi connectivity index (χ2n) is 6.26. The Morgan fingerprint density at radius 1 is 1.16 bits per heavy atom. The average Bonchev–Trinajstić information content (AvgIpc) is 3.11. The number of benzene rings is 1. The summed E-state index contributed by atoms with van der Waals surface area (Å²) >= 11 is 0. The summed E-state index contributed by atoms with van der Waals surface area (Å²) in [6.07, 6.45) is 3.46. The maximum absolute atomic E-state index is 12.3. The number of aromatic nitrogens is 2. The summed E-state index contributed by atoms with van der Waals surface area (Å²) in [6.45, 7) is 1.86. The molecule has 6 nitrogen and oxygen atoms in total. The van der Waals surface area contributed by atoms with Crippen molar-refractivity contribution in [1.82, 2.24) is 20.2 Å². The number of likely N-dealkylation sites (tertiary alicyclic amines) is 1. The molecule has 0 unspecified atom stereocenters. The number of nitrogens with zero attached hydrogens (tertiary/aromatic N) is 3. The second-order valence-corrected chi connectivity index (χ2v) is 6.26. The summed E-state index contributed by atoms with van der Waals surface area (Å²) in [5.74, 6) is 1.06. The molecule has 0 atom stereocenters. The van der Waals surface area contributed by atoms with E-state index in [-0.39, 0.29) is 11.9 Å². The number of rotatable bonds is 3. The Balaban J connectivity index is 1.32. The molecule has 0 saturated carbocycles. The van der Waals surface area contributed by atoms with Gasteiger partial charge in [0.15, 0.2) is 11.5 Å². The lowest BCUT2D eigenvalue weighted by Gasteiger charge is -2.30. The zero-order valence-corrected chi connectivity index (χ0v) is 13.9. The molecule has 128 valence electrons. The zero-order valence-electron chi connectivity index (χ0n) is 13.9. The van der Waals surface area contributed by atoms with Crippen molar-refractivity contribution in [2.45, 2.75) is 25.3 Å². The van der Waals surface area contributed by atoms with E-state index in [1.54, 1.807) is 6.20 Å². The van der Waals surface area contributed by atoms with Gasteiger partial charge in [-0.2, -0.15) is 0 Å². The van der Waals surface area contributed by atoms with Gasteiger partial charge in [-0.25, -0.2) is 9.78 Å². The van der Waals surface area contributed by atoms with Crippen LogP contribution in [0.15, 0.2) is 53.1 Å². The van der Waals surface area contributed by atoms with Crippen LogP contribution in [0.5, 0.6) is 0 Å². The van der Waals surface area contributed by atoms with Gasteiger partial charge in [-0.1, -0.05) is 18.2 Å². The quantitative estimate of drug-likeness (QED) is 0.796. The Hall–Kier alpha value is -2.89. The first-order chi connectivity index (χ1) is 12.3. The summed E-state index contributed by atoms with van der Waals surface area (Å²) in [5, 5.41) is 2.93. The van der Waals surface area contributed by atoms with Crippen molar-refractivity contribution >= 4 is 17.1 Å². The standard InChI is InChI=1S/C19H20N4O2/c24-19(21-13-15-5-3-4-10-20-15)23-11-8-14(9-12-23)18-22-16-6-1-2-7-17(16)25-18/h1-7,10,14H,8-9,11-13H2,(H,21,24). The SMILES string of the molecule is O=C(NCc1ccccn1)N1CCC(c2nc3ccccc3o2)CC1. The zero-order chi connectivity index (χ0) is 17.1. The normalized spacial score (nSPS) is 15.4. The molecule has 3 aromatic rings. The largest absolute Gasteiger partial charge is 0.440 e. The number of urea groups is 1. The number of carbonyl (C=O) groups excluding carboxylic acids is 1. The van der Waals surface area contributed by atoms with Crippen LogP contribution < -0.4 is 5.32 Å². The molecule has 0 radical (unpaired) electrons. The number of para-hydroxylation sites is 2. The molecule has 0 bridgehead atoms. The highest BCUT2D eigenvalue weighted by Gasteiger charge is 2.26. The van der Waals surface area contributed by atoms with E-state index in [0.717, 1.165) is 35.5 Å². The van der Waals surface area contributed by atoms with Crippen LogP contribution in [0, 0.1) is 0 Å². The summed E-state index contributed by atoms with van der Waals surface area (Å²) < 4.78 is 5.87. The molecule has 1 saturated heterocycles. The molecule has 1 aliphatic rings. The van der Waals surface area contributed by atoms with Gasteiger partial charge in [0, 0.05) is 25.2 Å². The van der Waals surface area contributed by atoms with Crippen molar-refractivity contribution in [2.75, 3.05) is 13.1 Å². The number of nitrogens with one attached hydrogen (secondary N) is 1. The van der Waals surface area contributed by atoms with Crippen LogP contribution in [0.25, 0.3) is 11.1 Å². The van der Waals surface area contributed by atoms with E-state index in [0.29, 0.717) is 19.6 Å². The van der Waals surface area contributed by atoms with Crippen molar-refractivity contribution < 1.29 is 9.21 Å². The van der Waals surface area contributed by atoms with E-state index in [1.807, 2.05) is 47.4 Å². The van der Waals surface area contributed by atoms with Gasteiger partial charge in [0.1, 0.15) is 5.52 Å². The van der Waals surface area contributed by atoms with Crippen LogP contribution in [0.1, 0.15) is 30.3 Å². The average molecular weight is 336 g/mol. The van der Waals surface area contributed by atoms with Crippen molar-refractivity contribution in [1.29, 1.82) is 0 Å². The van der Waals surface area contributed by atoms with E-state index < -0.39 is 0 Å². The molecule has 1 N–H and O–H groups in total. The third kappa shape index (κ3) is 3.47. The van der Waals surface area contributed by atoms with Gasteiger partial charge in [0.25, 0.3) is 0 Å². The van der Waals surface area contributed by atoms with Crippen LogP contribution in [0.3, 0.4) is 0 Å². The second kappa shape index (κ2) is 6.93. The first-order valence-corrected chi connectivity index (χ1v) is 8.58. The number of hydrogen-bond acceptors (Lipinski definition) is 4.